The Bertz CT molecular complexity index is 305. The maximum Gasteiger partial charge on any atom is 0.458 e. The maximum atomic E-state index is 6.14. The van der Waals surface area contributed by atoms with Gasteiger partial charge in [0.1, 0.15) is 0 Å². The molecule has 2 nitrogen and oxygen atoms in total. The first-order valence-electron chi connectivity index (χ1n) is 8.09. The molecule has 110 valence electrons. The minimum absolute atomic E-state index is 0.000452. The van der Waals surface area contributed by atoms with Crippen LogP contribution in [0.1, 0.15) is 73.6 Å². The highest BCUT2D eigenvalue weighted by molar-refractivity contribution is 6.45. The van der Waals surface area contributed by atoms with E-state index in [-0.39, 0.29) is 18.3 Å². The van der Waals surface area contributed by atoms with E-state index in [1.807, 2.05) is 0 Å². The summed E-state index contributed by atoms with van der Waals surface area (Å²) in [5.41, 5.74) is 0.250. The maximum absolute atomic E-state index is 6.14. The summed E-state index contributed by atoms with van der Waals surface area (Å²) in [5.74, 6) is 0.787. The molecule has 1 atom stereocenters. The van der Waals surface area contributed by atoms with Gasteiger partial charge in [-0.2, -0.15) is 0 Å². The van der Waals surface area contributed by atoms with Crippen LogP contribution in [0.25, 0.3) is 0 Å². The summed E-state index contributed by atoms with van der Waals surface area (Å²) >= 11 is 0. The van der Waals surface area contributed by atoms with Crippen LogP contribution in [0, 0.1) is 11.3 Å². The van der Waals surface area contributed by atoms with Gasteiger partial charge in [-0.1, -0.05) is 33.1 Å². The van der Waals surface area contributed by atoms with Gasteiger partial charge in [-0.15, -0.1) is 0 Å². The molecule has 0 aromatic rings. The first kappa shape index (κ1) is 15.4. The van der Waals surface area contributed by atoms with Crippen molar-refractivity contribution in [3.8, 4) is 0 Å². The lowest BCUT2D eigenvalue weighted by Gasteiger charge is -2.32. The molecule has 1 aliphatic heterocycles. The second-order valence-corrected chi connectivity index (χ2v) is 7.74. The molecule has 19 heavy (non-hydrogen) atoms. The Morgan fingerprint density at radius 2 is 1.53 bits per heavy atom. The highest BCUT2D eigenvalue weighted by atomic mass is 16.7. The Kier molecular flexibility index (Phi) is 4.10. The van der Waals surface area contributed by atoms with Crippen molar-refractivity contribution in [3.05, 3.63) is 0 Å². The Labute approximate surface area is 119 Å². The van der Waals surface area contributed by atoms with Crippen LogP contribution in [-0.4, -0.2) is 18.3 Å². The van der Waals surface area contributed by atoms with Gasteiger partial charge in [-0.3, -0.25) is 0 Å². The minimum atomic E-state index is -0.178. The van der Waals surface area contributed by atoms with E-state index in [4.69, 9.17) is 9.31 Å². The highest BCUT2D eigenvalue weighted by Crippen LogP contribution is 2.49. The quantitative estimate of drug-likeness (QED) is 0.687. The third kappa shape index (κ3) is 2.87. The van der Waals surface area contributed by atoms with Crippen LogP contribution in [0.2, 0.25) is 6.32 Å². The second-order valence-electron chi connectivity index (χ2n) is 7.74. The molecule has 0 aromatic heterocycles. The molecule has 1 aliphatic carbocycles. The smallest absolute Gasteiger partial charge is 0.403 e. The molecule has 1 saturated heterocycles. The van der Waals surface area contributed by atoms with E-state index in [2.05, 4.69) is 41.5 Å². The fourth-order valence-corrected chi connectivity index (χ4v) is 3.75. The van der Waals surface area contributed by atoms with Gasteiger partial charge < -0.3 is 9.31 Å². The molecule has 0 N–H and O–H groups in total. The van der Waals surface area contributed by atoms with E-state index in [9.17, 15) is 0 Å². The highest BCUT2D eigenvalue weighted by Gasteiger charge is 2.52. The molecule has 1 unspecified atom stereocenters. The first-order valence-corrected chi connectivity index (χ1v) is 8.09. The topological polar surface area (TPSA) is 18.5 Å². The summed E-state index contributed by atoms with van der Waals surface area (Å²) in [6.07, 6.45) is 7.83. The summed E-state index contributed by atoms with van der Waals surface area (Å²) < 4.78 is 12.3. The normalized spacial score (nSPS) is 31.9. The molecule has 1 saturated carbocycles. The van der Waals surface area contributed by atoms with E-state index in [0.29, 0.717) is 5.41 Å². The monoisotopic (exact) mass is 266 g/mol. The summed E-state index contributed by atoms with van der Waals surface area (Å²) in [6.45, 7) is 13.3. The van der Waals surface area contributed by atoms with Crippen LogP contribution in [0.5, 0.6) is 0 Å². The molecule has 0 bridgehead atoms. The zero-order valence-corrected chi connectivity index (χ0v) is 13.7. The molecular weight excluding hydrogens is 235 g/mol. The van der Waals surface area contributed by atoms with Crippen LogP contribution in [0.4, 0.5) is 0 Å². The third-order valence-corrected chi connectivity index (χ3v) is 6.13. The average Bonchev–Trinajstić information content (AvgIpc) is 2.79. The van der Waals surface area contributed by atoms with Gasteiger partial charge in [0.15, 0.2) is 0 Å². The van der Waals surface area contributed by atoms with Crippen LogP contribution in [0.3, 0.4) is 0 Å². The van der Waals surface area contributed by atoms with E-state index < -0.39 is 0 Å². The van der Waals surface area contributed by atoms with Crippen molar-refractivity contribution in [1.82, 2.24) is 0 Å². The fraction of sp³-hybridized carbons (Fsp3) is 1.00. The lowest BCUT2D eigenvalue weighted by Crippen LogP contribution is -2.41. The molecule has 2 rings (SSSR count). The lowest BCUT2D eigenvalue weighted by molar-refractivity contribution is 0.00578. The van der Waals surface area contributed by atoms with Crippen molar-refractivity contribution in [1.29, 1.82) is 0 Å². The molecule has 2 aliphatic rings. The van der Waals surface area contributed by atoms with Gasteiger partial charge in [0, 0.05) is 0 Å². The van der Waals surface area contributed by atoms with Crippen molar-refractivity contribution in [2.24, 2.45) is 11.3 Å². The van der Waals surface area contributed by atoms with Crippen LogP contribution >= 0.6 is 0 Å². The van der Waals surface area contributed by atoms with E-state index in [1.54, 1.807) is 0 Å². The summed E-state index contributed by atoms with van der Waals surface area (Å²) in [4.78, 5) is 0. The molecule has 0 aromatic carbocycles. The van der Waals surface area contributed by atoms with Gasteiger partial charge in [0.25, 0.3) is 0 Å². The molecule has 3 heteroatoms. The molecule has 2 fully saturated rings. The Balaban J connectivity index is 1.91. The predicted octanol–water partition coefficient (Wildman–Crippen LogP) is 4.69. The largest absolute Gasteiger partial charge is 0.458 e. The van der Waals surface area contributed by atoms with Crippen LogP contribution in [0.15, 0.2) is 0 Å². The SMILES string of the molecule is CCC1(CC)CCC(CB2OC(C)(C)C(C)(C)O2)C1. The third-order valence-electron chi connectivity index (χ3n) is 6.13. The zero-order valence-electron chi connectivity index (χ0n) is 13.7. The number of hydrogen-bond acceptors (Lipinski definition) is 2. The predicted molar refractivity (Wildman–Crippen MR) is 81.2 cm³/mol. The summed E-state index contributed by atoms with van der Waals surface area (Å²) in [5, 5.41) is 0. The van der Waals surface area contributed by atoms with Gasteiger partial charge in [0.05, 0.1) is 11.2 Å². The standard InChI is InChI=1S/C16H31BO2/c1-7-16(8-2)10-9-13(11-16)12-17-18-14(3,4)15(5,6)19-17/h13H,7-12H2,1-6H3. The molecule has 0 amide bonds. The van der Waals surface area contributed by atoms with Crippen molar-refractivity contribution >= 4 is 7.12 Å². The molecular formula is C16H31BO2. The van der Waals surface area contributed by atoms with Crippen molar-refractivity contribution < 1.29 is 9.31 Å². The average molecular weight is 266 g/mol. The molecule has 0 spiro atoms. The van der Waals surface area contributed by atoms with E-state index >= 15 is 0 Å². The second kappa shape index (κ2) is 5.07. The molecule has 1 heterocycles. The van der Waals surface area contributed by atoms with Crippen LogP contribution in [-0.2, 0) is 9.31 Å². The number of rotatable bonds is 4. The Hall–Kier alpha value is -0.0151. The Morgan fingerprint density at radius 1 is 1.00 bits per heavy atom. The van der Waals surface area contributed by atoms with Gasteiger partial charge in [-0.25, -0.2) is 0 Å². The van der Waals surface area contributed by atoms with Crippen molar-refractivity contribution in [2.45, 2.75) is 91.2 Å². The van der Waals surface area contributed by atoms with Gasteiger partial charge in [0.2, 0.25) is 0 Å². The zero-order chi connectivity index (χ0) is 14.3. The van der Waals surface area contributed by atoms with Crippen molar-refractivity contribution in [2.75, 3.05) is 0 Å². The Morgan fingerprint density at radius 3 is 1.95 bits per heavy atom. The van der Waals surface area contributed by atoms with Gasteiger partial charge >= 0.3 is 7.12 Å². The lowest BCUT2D eigenvalue weighted by atomic mass is 9.74. The van der Waals surface area contributed by atoms with E-state index in [1.165, 1.54) is 32.1 Å². The summed E-state index contributed by atoms with van der Waals surface area (Å²) in [7, 11) is -0.000452. The minimum Gasteiger partial charge on any atom is -0.403 e. The fourth-order valence-electron chi connectivity index (χ4n) is 3.75. The molecule has 0 radical (unpaired) electrons. The first-order chi connectivity index (χ1) is 8.74. The van der Waals surface area contributed by atoms with Gasteiger partial charge in [-0.05, 0) is 58.2 Å². The van der Waals surface area contributed by atoms with E-state index in [0.717, 1.165) is 12.2 Å². The summed E-state index contributed by atoms with van der Waals surface area (Å²) in [6, 6.07) is 0. The van der Waals surface area contributed by atoms with Crippen molar-refractivity contribution in [3.63, 3.8) is 0 Å². The van der Waals surface area contributed by atoms with Crippen LogP contribution < -0.4 is 0 Å². The number of hydrogen-bond donors (Lipinski definition) is 0.